The van der Waals surface area contributed by atoms with Gasteiger partial charge in [-0.25, -0.2) is 0 Å². The fraction of sp³-hybridized carbons (Fsp3) is 0.143. The summed E-state index contributed by atoms with van der Waals surface area (Å²) < 4.78 is 7.71. The zero-order valence-corrected chi connectivity index (χ0v) is 12.0. The van der Waals surface area contributed by atoms with Crippen molar-refractivity contribution in [2.45, 2.75) is 12.3 Å². The Morgan fingerprint density at radius 3 is 2.85 bits per heavy atom. The number of rotatable bonds is 4. The van der Waals surface area contributed by atoms with Crippen LogP contribution in [0.2, 0.25) is 0 Å². The summed E-state index contributed by atoms with van der Waals surface area (Å²) in [6.45, 7) is 0. The van der Waals surface area contributed by atoms with Crippen molar-refractivity contribution in [2.24, 2.45) is 0 Å². The topological polar surface area (TPSA) is 50.3 Å². The van der Waals surface area contributed by atoms with Crippen LogP contribution in [0.4, 0.5) is 0 Å². The van der Waals surface area contributed by atoms with E-state index in [4.69, 9.17) is 21.6 Å². The number of fused-ring (bicyclic) bond motifs is 1. The molecule has 100 valence electrons. The van der Waals surface area contributed by atoms with Crippen LogP contribution in [-0.2, 0) is 12.3 Å². The van der Waals surface area contributed by atoms with Crippen molar-refractivity contribution in [2.75, 3.05) is 0 Å². The average molecular weight is 304 g/mol. The molecule has 3 rings (SSSR count). The summed E-state index contributed by atoms with van der Waals surface area (Å²) >= 11 is 7.50. The van der Waals surface area contributed by atoms with E-state index in [-0.39, 0.29) is 0 Å². The van der Waals surface area contributed by atoms with E-state index in [2.05, 4.69) is 11.1 Å². The van der Waals surface area contributed by atoms with Gasteiger partial charge in [0.2, 0.25) is 5.88 Å². The molecule has 0 aliphatic carbocycles. The third-order valence-electron chi connectivity index (χ3n) is 2.87. The van der Waals surface area contributed by atoms with Gasteiger partial charge in [-0.1, -0.05) is 12.1 Å². The van der Waals surface area contributed by atoms with Gasteiger partial charge in [0.1, 0.15) is 11.4 Å². The molecule has 1 aromatic carbocycles. The summed E-state index contributed by atoms with van der Waals surface area (Å²) in [6, 6.07) is 9.52. The van der Waals surface area contributed by atoms with Crippen LogP contribution in [0.15, 0.2) is 35.8 Å². The highest BCUT2D eigenvalue weighted by molar-refractivity contribution is 7.15. The standard InChI is InChI=1S/C14H10ClN3OS/c15-9-12-13(17-14-18(12)7-8-20-14)19-11-3-1-10(2-4-11)5-6-16/h1-4,7-8H,5,9H2. The Kier molecular flexibility index (Phi) is 3.59. The highest BCUT2D eigenvalue weighted by Crippen LogP contribution is 2.29. The molecule has 0 amide bonds. The predicted molar refractivity (Wildman–Crippen MR) is 78.5 cm³/mol. The maximum absolute atomic E-state index is 8.64. The summed E-state index contributed by atoms with van der Waals surface area (Å²) in [5, 5.41) is 10.6. The van der Waals surface area contributed by atoms with Crippen LogP contribution in [0.3, 0.4) is 0 Å². The third-order valence-corrected chi connectivity index (χ3v) is 3.88. The zero-order valence-electron chi connectivity index (χ0n) is 10.4. The molecule has 0 saturated carbocycles. The quantitative estimate of drug-likeness (QED) is 0.685. The van der Waals surface area contributed by atoms with Gasteiger partial charge in [-0.15, -0.1) is 22.9 Å². The van der Waals surface area contributed by atoms with Crippen LogP contribution < -0.4 is 4.74 Å². The van der Waals surface area contributed by atoms with Gasteiger partial charge in [0.05, 0.1) is 18.4 Å². The van der Waals surface area contributed by atoms with E-state index in [9.17, 15) is 0 Å². The number of nitriles is 1. The fourth-order valence-corrected chi connectivity index (χ4v) is 2.86. The van der Waals surface area contributed by atoms with Gasteiger partial charge in [0.15, 0.2) is 4.96 Å². The zero-order chi connectivity index (χ0) is 13.9. The minimum absolute atomic E-state index is 0.333. The van der Waals surface area contributed by atoms with E-state index < -0.39 is 0 Å². The Morgan fingerprint density at radius 2 is 2.15 bits per heavy atom. The molecule has 0 radical (unpaired) electrons. The molecule has 4 nitrogen and oxygen atoms in total. The molecule has 0 saturated heterocycles. The molecule has 3 aromatic rings. The van der Waals surface area contributed by atoms with Crippen molar-refractivity contribution >= 4 is 27.9 Å². The molecule has 2 heterocycles. The van der Waals surface area contributed by atoms with Crippen LogP contribution in [0, 0.1) is 11.3 Å². The van der Waals surface area contributed by atoms with E-state index in [1.807, 2.05) is 40.2 Å². The van der Waals surface area contributed by atoms with E-state index in [0.29, 0.717) is 23.9 Å². The Hall–Kier alpha value is -2.03. The molecule has 0 aliphatic heterocycles. The summed E-state index contributed by atoms with van der Waals surface area (Å²) in [6.07, 6.45) is 2.32. The number of imidazole rings is 1. The first-order valence-electron chi connectivity index (χ1n) is 5.96. The summed E-state index contributed by atoms with van der Waals surface area (Å²) in [5.74, 6) is 1.54. The average Bonchev–Trinajstić information content (AvgIpc) is 3.01. The molecule has 0 unspecified atom stereocenters. The van der Waals surface area contributed by atoms with Crippen molar-refractivity contribution in [1.29, 1.82) is 5.26 Å². The lowest BCUT2D eigenvalue weighted by Crippen LogP contribution is -1.91. The maximum Gasteiger partial charge on any atom is 0.243 e. The van der Waals surface area contributed by atoms with Crippen LogP contribution in [-0.4, -0.2) is 9.38 Å². The second-order valence-corrected chi connectivity index (χ2v) is 5.27. The van der Waals surface area contributed by atoms with Crippen molar-refractivity contribution in [3.63, 3.8) is 0 Å². The lowest BCUT2D eigenvalue weighted by atomic mass is 10.2. The van der Waals surface area contributed by atoms with E-state index in [1.165, 1.54) is 11.3 Å². The normalized spacial score (nSPS) is 10.6. The lowest BCUT2D eigenvalue weighted by Gasteiger charge is -2.04. The number of aromatic nitrogens is 2. The molecule has 20 heavy (non-hydrogen) atoms. The molecule has 0 bridgehead atoms. The number of benzene rings is 1. The fourth-order valence-electron chi connectivity index (χ4n) is 1.89. The van der Waals surface area contributed by atoms with Crippen LogP contribution >= 0.6 is 22.9 Å². The largest absolute Gasteiger partial charge is 0.437 e. The van der Waals surface area contributed by atoms with E-state index >= 15 is 0 Å². The van der Waals surface area contributed by atoms with Crippen molar-refractivity contribution in [3.8, 4) is 17.7 Å². The molecule has 6 heteroatoms. The Morgan fingerprint density at radius 1 is 1.35 bits per heavy atom. The first-order valence-corrected chi connectivity index (χ1v) is 7.37. The molecule has 0 fully saturated rings. The first-order chi connectivity index (χ1) is 9.81. The van der Waals surface area contributed by atoms with Crippen molar-refractivity contribution in [1.82, 2.24) is 9.38 Å². The van der Waals surface area contributed by atoms with E-state index in [1.54, 1.807) is 0 Å². The molecule has 0 aliphatic rings. The molecular weight excluding hydrogens is 294 g/mol. The summed E-state index contributed by atoms with van der Waals surface area (Å²) in [5.41, 5.74) is 1.80. The second-order valence-electron chi connectivity index (χ2n) is 4.13. The second kappa shape index (κ2) is 5.53. The minimum atomic E-state index is 0.333. The molecule has 0 spiro atoms. The number of halogens is 1. The predicted octanol–water partition coefficient (Wildman–Crippen LogP) is 3.99. The van der Waals surface area contributed by atoms with Gasteiger partial charge in [-0.05, 0) is 17.7 Å². The van der Waals surface area contributed by atoms with Gasteiger partial charge in [-0.2, -0.15) is 10.2 Å². The Bertz CT molecular complexity index is 770. The Labute approximate surface area is 124 Å². The minimum Gasteiger partial charge on any atom is -0.437 e. The number of alkyl halides is 1. The maximum atomic E-state index is 8.64. The number of nitrogens with zero attached hydrogens (tertiary/aromatic N) is 3. The summed E-state index contributed by atoms with van der Waals surface area (Å²) in [7, 11) is 0. The highest BCUT2D eigenvalue weighted by atomic mass is 35.5. The monoisotopic (exact) mass is 303 g/mol. The van der Waals surface area contributed by atoms with Gasteiger partial charge in [0, 0.05) is 11.6 Å². The lowest BCUT2D eigenvalue weighted by molar-refractivity contribution is 0.461. The summed E-state index contributed by atoms with van der Waals surface area (Å²) in [4.78, 5) is 5.28. The molecule has 0 atom stereocenters. The molecular formula is C14H10ClN3OS. The van der Waals surface area contributed by atoms with Gasteiger partial charge >= 0.3 is 0 Å². The molecule has 2 aromatic heterocycles. The number of ether oxygens (including phenoxy) is 1. The van der Waals surface area contributed by atoms with E-state index in [0.717, 1.165) is 16.2 Å². The van der Waals surface area contributed by atoms with Crippen molar-refractivity contribution in [3.05, 3.63) is 47.1 Å². The van der Waals surface area contributed by atoms with Gasteiger partial charge in [0.25, 0.3) is 0 Å². The van der Waals surface area contributed by atoms with Crippen LogP contribution in [0.25, 0.3) is 4.96 Å². The number of hydrogen-bond donors (Lipinski definition) is 0. The van der Waals surface area contributed by atoms with Gasteiger partial charge in [-0.3, -0.25) is 4.40 Å². The Balaban J connectivity index is 1.88. The number of thiazole rings is 1. The van der Waals surface area contributed by atoms with Crippen molar-refractivity contribution < 1.29 is 4.74 Å². The van der Waals surface area contributed by atoms with Crippen LogP contribution in [0.5, 0.6) is 11.6 Å². The third kappa shape index (κ3) is 2.36. The first kappa shape index (κ1) is 13.0. The SMILES string of the molecule is N#CCc1ccc(Oc2nc3sccn3c2CCl)cc1. The number of hydrogen-bond acceptors (Lipinski definition) is 4. The highest BCUT2D eigenvalue weighted by Gasteiger charge is 2.14. The van der Waals surface area contributed by atoms with Gasteiger partial charge < -0.3 is 4.74 Å². The smallest absolute Gasteiger partial charge is 0.243 e. The van der Waals surface area contributed by atoms with Crippen LogP contribution in [0.1, 0.15) is 11.3 Å². The molecule has 0 N–H and O–H groups in total.